The van der Waals surface area contributed by atoms with E-state index in [4.69, 9.17) is 21.1 Å². The summed E-state index contributed by atoms with van der Waals surface area (Å²) in [4.78, 5) is 9.18. The van der Waals surface area contributed by atoms with Crippen LogP contribution in [0.15, 0.2) is 42.2 Å². The number of rotatable bonds is 4. The Balaban J connectivity index is 1.73. The molecule has 8 nitrogen and oxygen atoms in total. The van der Waals surface area contributed by atoms with Gasteiger partial charge in [0, 0.05) is 18.6 Å². The van der Waals surface area contributed by atoms with E-state index in [1.54, 1.807) is 19.5 Å². The third kappa shape index (κ3) is 2.56. The van der Waals surface area contributed by atoms with E-state index in [1.165, 1.54) is 0 Å². The molecule has 1 aromatic carbocycles. The molecule has 0 bridgehead atoms. The fourth-order valence-electron chi connectivity index (χ4n) is 3.55. The van der Waals surface area contributed by atoms with Crippen LogP contribution in [0.25, 0.3) is 11.4 Å². The van der Waals surface area contributed by atoms with Gasteiger partial charge in [-0.05, 0) is 18.2 Å². The number of imidazole rings is 1. The molecule has 4 heterocycles. The van der Waals surface area contributed by atoms with Crippen molar-refractivity contribution >= 4 is 17.5 Å². The summed E-state index contributed by atoms with van der Waals surface area (Å²) in [6.45, 7) is 4.64. The van der Waals surface area contributed by atoms with Gasteiger partial charge < -0.3 is 9.47 Å². The van der Waals surface area contributed by atoms with Gasteiger partial charge in [-0.15, -0.1) is 11.7 Å². The highest BCUT2D eigenvalue weighted by atomic mass is 35.5. The largest absolute Gasteiger partial charge is 0.474 e. The molecular formula is C19H17ClN6O2. The zero-order valence-electron chi connectivity index (χ0n) is 15.2. The van der Waals surface area contributed by atoms with Crippen molar-refractivity contribution in [3.63, 3.8) is 0 Å². The van der Waals surface area contributed by atoms with Gasteiger partial charge >= 0.3 is 0 Å². The zero-order chi connectivity index (χ0) is 19.3. The zero-order valence-corrected chi connectivity index (χ0v) is 15.9. The molecule has 0 aliphatic carbocycles. The van der Waals surface area contributed by atoms with Crippen LogP contribution in [0.2, 0.25) is 5.02 Å². The molecule has 0 unspecified atom stereocenters. The van der Waals surface area contributed by atoms with Gasteiger partial charge in [-0.1, -0.05) is 22.9 Å². The molecule has 5 rings (SSSR count). The summed E-state index contributed by atoms with van der Waals surface area (Å²) in [5.41, 5.74) is 5.09. The van der Waals surface area contributed by atoms with E-state index in [0.29, 0.717) is 36.2 Å². The molecule has 3 aromatic rings. The summed E-state index contributed by atoms with van der Waals surface area (Å²) in [5.74, 6) is 0.531. The van der Waals surface area contributed by atoms with Crippen LogP contribution in [-0.2, 0) is 22.5 Å². The lowest BCUT2D eigenvalue weighted by atomic mass is 10.1. The number of hydrogen-bond donors (Lipinski definition) is 0. The highest BCUT2D eigenvalue weighted by Gasteiger charge is 2.30. The normalized spacial score (nSPS) is 17.2. The molecule has 142 valence electrons. The van der Waals surface area contributed by atoms with E-state index in [1.807, 2.05) is 27.4 Å². The Morgan fingerprint density at radius 1 is 1.36 bits per heavy atom. The quantitative estimate of drug-likeness (QED) is 0.495. The predicted octanol–water partition coefficient (Wildman–Crippen LogP) is 2.49. The highest BCUT2D eigenvalue weighted by molar-refractivity contribution is 6.30. The second-order valence-electron chi connectivity index (χ2n) is 6.60. The van der Waals surface area contributed by atoms with E-state index < -0.39 is 0 Å². The Labute approximate surface area is 166 Å². The minimum absolute atomic E-state index is 0.0551. The summed E-state index contributed by atoms with van der Waals surface area (Å²) in [5, 5.41) is 9.28. The average Bonchev–Trinajstić information content (AvgIpc) is 3.40. The maximum atomic E-state index is 6.27. The number of methoxy groups -OCH3 is 1. The average molecular weight is 397 g/mol. The summed E-state index contributed by atoms with van der Waals surface area (Å²) in [6.07, 6.45) is 4.10. The lowest BCUT2D eigenvalue weighted by molar-refractivity contribution is 0.180. The molecule has 0 saturated carbocycles. The van der Waals surface area contributed by atoms with Gasteiger partial charge in [0.15, 0.2) is 0 Å². The first-order chi connectivity index (χ1) is 13.7. The Hall–Kier alpha value is -2.97. The van der Waals surface area contributed by atoms with Crippen molar-refractivity contribution in [2.24, 2.45) is 4.99 Å². The third-order valence-corrected chi connectivity index (χ3v) is 5.13. The first kappa shape index (κ1) is 17.2. The summed E-state index contributed by atoms with van der Waals surface area (Å²) in [7, 11) is 1.64. The summed E-state index contributed by atoms with van der Waals surface area (Å²) < 4.78 is 14.9. The molecule has 1 atom stereocenters. The summed E-state index contributed by atoms with van der Waals surface area (Å²) in [6, 6.07) is 5.61. The van der Waals surface area contributed by atoms with E-state index >= 15 is 0 Å². The maximum absolute atomic E-state index is 6.27. The lowest BCUT2D eigenvalue weighted by Crippen LogP contribution is -2.09. The number of halogens is 1. The molecule has 2 aromatic heterocycles. The molecule has 0 saturated heterocycles. The van der Waals surface area contributed by atoms with Gasteiger partial charge in [0.05, 0.1) is 29.4 Å². The number of ether oxygens (including phenoxy) is 2. The number of aliphatic imine (C=N–C) groups is 1. The van der Waals surface area contributed by atoms with Crippen LogP contribution >= 0.6 is 11.6 Å². The van der Waals surface area contributed by atoms with E-state index in [2.05, 4.69) is 26.9 Å². The Kier molecular flexibility index (Phi) is 4.03. The monoisotopic (exact) mass is 396 g/mol. The van der Waals surface area contributed by atoms with Crippen LogP contribution in [0, 0.1) is 0 Å². The van der Waals surface area contributed by atoms with Gasteiger partial charge in [-0.3, -0.25) is 4.57 Å². The van der Waals surface area contributed by atoms with E-state index in [-0.39, 0.29) is 6.04 Å². The number of benzene rings is 1. The molecule has 28 heavy (non-hydrogen) atoms. The fourth-order valence-corrected chi connectivity index (χ4v) is 3.72. The van der Waals surface area contributed by atoms with Gasteiger partial charge in [0.1, 0.15) is 30.4 Å². The van der Waals surface area contributed by atoms with Gasteiger partial charge in [-0.2, -0.15) is 0 Å². The van der Waals surface area contributed by atoms with Gasteiger partial charge in [0.2, 0.25) is 5.90 Å². The Morgan fingerprint density at radius 2 is 2.25 bits per heavy atom. The van der Waals surface area contributed by atoms with Gasteiger partial charge in [-0.25, -0.2) is 14.7 Å². The maximum Gasteiger partial charge on any atom is 0.238 e. The Bertz CT molecular complexity index is 1120. The van der Waals surface area contributed by atoms with Crippen molar-refractivity contribution in [2.75, 3.05) is 13.7 Å². The molecule has 0 N–H and O–H groups in total. The minimum Gasteiger partial charge on any atom is -0.474 e. The fraction of sp³-hybridized carbons (Fsp3) is 0.263. The molecule has 0 radical (unpaired) electrons. The second kappa shape index (κ2) is 6.57. The highest BCUT2D eigenvalue weighted by Crippen LogP contribution is 2.32. The van der Waals surface area contributed by atoms with Gasteiger partial charge in [0.25, 0.3) is 0 Å². The van der Waals surface area contributed by atoms with Crippen LogP contribution in [-0.4, -0.2) is 50.2 Å². The first-order valence-electron chi connectivity index (χ1n) is 8.82. The minimum atomic E-state index is -0.0551. The van der Waals surface area contributed by atoms with Crippen molar-refractivity contribution in [3.05, 3.63) is 65.0 Å². The van der Waals surface area contributed by atoms with Crippen molar-refractivity contribution in [1.29, 1.82) is 0 Å². The van der Waals surface area contributed by atoms with E-state index in [0.717, 1.165) is 28.5 Å². The number of fused-ring (bicyclic) bond motifs is 5. The second-order valence-corrected chi connectivity index (χ2v) is 7.03. The van der Waals surface area contributed by atoms with Crippen LogP contribution < -0.4 is 0 Å². The SMILES string of the molecule is C=C[C@H]1COC(c2ncn3c2Cc2c(COC)nnn2-c2cc(Cl)ccc2-3)=N1. The van der Waals surface area contributed by atoms with Crippen LogP contribution in [0.4, 0.5) is 0 Å². The summed E-state index contributed by atoms with van der Waals surface area (Å²) >= 11 is 6.27. The van der Waals surface area contributed by atoms with Crippen LogP contribution in [0.1, 0.15) is 22.8 Å². The third-order valence-electron chi connectivity index (χ3n) is 4.90. The number of hydrogen-bond acceptors (Lipinski definition) is 6. The molecule has 9 heteroatoms. The standard InChI is InChI=1S/C19H17ClN6O2/c1-3-12-8-28-19(22-12)18-17-7-15-13(9-27-2)23-24-26(15)16-6-11(20)4-5-14(16)25(17)10-21-18/h3-6,10,12H,1,7-9H2,2H3/t12-/m0/s1. The molecule has 2 aliphatic rings. The molecule has 0 fully saturated rings. The van der Waals surface area contributed by atoms with Crippen molar-refractivity contribution in [1.82, 2.24) is 24.5 Å². The van der Waals surface area contributed by atoms with Crippen molar-refractivity contribution in [2.45, 2.75) is 19.1 Å². The van der Waals surface area contributed by atoms with Crippen LogP contribution in [0.3, 0.4) is 0 Å². The topological polar surface area (TPSA) is 79.4 Å². The van der Waals surface area contributed by atoms with Crippen molar-refractivity contribution in [3.8, 4) is 11.4 Å². The molecular weight excluding hydrogens is 380 g/mol. The molecule has 2 aliphatic heterocycles. The lowest BCUT2D eigenvalue weighted by Gasteiger charge is -2.10. The van der Waals surface area contributed by atoms with Crippen LogP contribution in [0.5, 0.6) is 0 Å². The first-order valence-corrected chi connectivity index (χ1v) is 9.20. The van der Waals surface area contributed by atoms with E-state index in [9.17, 15) is 0 Å². The Morgan fingerprint density at radius 3 is 3.04 bits per heavy atom. The van der Waals surface area contributed by atoms with Crippen molar-refractivity contribution < 1.29 is 9.47 Å². The molecule has 0 amide bonds. The smallest absolute Gasteiger partial charge is 0.238 e. The predicted molar refractivity (Wildman–Crippen MR) is 103 cm³/mol. The molecule has 0 spiro atoms. The number of aromatic nitrogens is 5. The number of nitrogens with zero attached hydrogens (tertiary/aromatic N) is 6.